The van der Waals surface area contributed by atoms with E-state index in [1.165, 1.54) is 11.1 Å². The van der Waals surface area contributed by atoms with Crippen LogP contribution in [0.1, 0.15) is 55.7 Å². The van der Waals surface area contributed by atoms with Gasteiger partial charge in [-0.1, -0.05) is 48.8 Å². The number of hydrogen-bond donors (Lipinski definition) is 1. The van der Waals surface area contributed by atoms with Crippen molar-refractivity contribution in [3.8, 4) is 0 Å². The lowest BCUT2D eigenvalue weighted by molar-refractivity contribution is -0.0240. The number of nitrogens with one attached hydrogen (secondary N) is 1. The molecule has 1 aromatic heterocycles. The van der Waals surface area contributed by atoms with Gasteiger partial charge < -0.3 is 14.6 Å². The summed E-state index contributed by atoms with van der Waals surface area (Å²) in [6, 6.07) is 9.13. The molecule has 5 nitrogen and oxygen atoms in total. The van der Waals surface area contributed by atoms with E-state index >= 15 is 0 Å². The van der Waals surface area contributed by atoms with Gasteiger partial charge in [0.1, 0.15) is 0 Å². The summed E-state index contributed by atoms with van der Waals surface area (Å²) in [4.78, 5) is 4.37. The van der Waals surface area contributed by atoms with Gasteiger partial charge in [-0.05, 0) is 25.3 Å². The predicted molar refractivity (Wildman–Crippen MR) is 89.5 cm³/mol. The normalized spacial score (nSPS) is 21.6. The first-order chi connectivity index (χ1) is 11.1. The topological polar surface area (TPSA) is 60.2 Å². The quantitative estimate of drug-likeness (QED) is 0.901. The van der Waals surface area contributed by atoms with E-state index in [0.717, 1.165) is 31.8 Å². The average molecular weight is 315 g/mol. The summed E-state index contributed by atoms with van der Waals surface area (Å²) in [5.74, 6) is 1.41. The molecule has 1 aromatic carbocycles. The Morgan fingerprint density at radius 2 is 2.04 bits per heavy atom. The van der Waals surface area contributed by atoms with Gasteiger partial charge in [-0.25, -0.2) is 0 Å². The number of aromatic nitrogens is 2. The SMILES string of the molecule is Cc1ccc(C2OCCCC2CNc2nc(C(C)C)no2)cc1. The molecule has 2 aromatic rings. The molecular weight excluding hydrogens is 290 g/mol. The number of anilines is 1. The number of ether oxygens (including phenoxy) is 1. The fourth-order valence-electron chi connectivity index (χ4n) is 2.94. The largest absolute Gasteiger partial charge is 0.373 e. The molecule has 2 unspecified atom stereocenters. The molecule has 0 spiro atoms. The van der Waals surface area contributed by atoms with Crippen LogP contribution >= 0.6 is 0 Å². The van der Waals surface area contributed by atoms with E-state index in [2.05, 4.69) is 60.5 Å². The molecule has 1 N–H and O–H groups in total. The Labute approximate surface area is 137 Å². The zero-order valence-electron chi connectivity index (χ0n) is 14.1. The predicted octanol–water partition coefficient (Wildman–Crippen LogP) is 4.08. The molecule has 124 valence electrons. The maximum atomic E-state index is 6.04. The summed E-state index contributed by atoms with van der Waals surface area (Å²) in [5, 5.41) is 7.27. The van der Waals surface area contributed by atoms with Crippen LogP contribution in [0.3, 0.4) is 0 Å². The molecule has 1 saturated heterocycles. The van der Waals surface area contributed by atoms with E-state index < -0.39 is 0 Å². The summed E-state index contributed by atoms with van der Waals surface area (Å²) in [6.07, 6.45) is 2.36. The minimum Gasteiger partial charge on any atom is -0.373 e. The Balaban J connectivity index is 1.65. The second kappa shape index (κ2) is 7.13. The Morgan fingerprint density at radius 1 is 1.26 bits per heavy atom. The van der Waals surface area contributed by atoms with Crippen molar-refractivity contribution in [2.24, 2.45) is 5.92 Å². The van der Waals surface area contributed by atoms with Gasteiger partial charge in [0.2, 0.25) is 0 Å². The van der Waals surface area contributed by atoms with Crippen LogP contribution in [-0.4, -0.2) is 23.3 Å². The third-order valence-electron chi connectivity index (χ3n) is 4.32. The Kier molecular flexibility index (Phi) is 4.96. The van der Waals surface area contributed by atoms with E-state index in [1.54, 1.807) is 0 Å². The first-order valence-corrected chi connectivity index (χ1v) is 8.39. The molecule has 0 amide bonds. The summed E-state index contributed by atoms with van der Waals surface area (Å²) in [7, 11) is 0. The van der Waals surface area contributed by atoms with Crippen LogP contribution in [0.4, 0.5) is 6.01 Å². The van der Waals surface area contributed by atoms with E-state index in [9.17, 15) is 0 Å². The van der Waals surface area contributed by atoms with Crippen LogP contribution in [0, 0.1) is 12.8 Å². The van der Waals surface area contributed by atoms with Crippen LogP contribution in [0.15, 0.2) is 28.8 Å². The number of benzene rings is 1. The number of rotatable bonds is 5. The lowest BCUT2D eigenvalue weighted by Gasteiger charge is -2.32. The van der Waals surface area contributed by atoms with Crippen molar-refractivity contribution in [1.29, 1.82) is 0 Å². The summed E-state index contributed by atoms with van der Waals surface area (Å²) < 4.78 is 11.3. The fourth-order valence-corrected chi connectivity index (χ4v) is 2.94. The molecule has 0 saturated carbocycles. The van der Waals surface area contributed by atoms with Crippen LogP contribution in [-0.2, 0) is 4.74 Å². The van der Waals surface area contributed by atoms with Crippen LogP contribution in [0.2, 0.25) is 0 Å². The Bertz CT molecular complexity index is 621. The Hall–Kier alpha value is -1.88. The second-order valence-corrected chi connectivity index (χ2v) is 6.60. The standard InChI is InChI=1S/C18H25N3O2/c1-12(2)17-20-18(23-21-17)19-11-15-5-4-10-22-16(15)14-8-6-13(3)7-9-14/h6-9,12,15-16H,4-5,10-11H2,1-3H3,(H,19,20,21). The third kappa shape index (κ3) is 3.91. The molecule has 3 rings (SSSR count). The van der Waals surface area contributed by atoms with E-state index in [4.69, 9.17) is 9.26 Å². The van der Waals surface area contributed by atoms with Crippen molar-refractivity contribution in [1.82, 2.24) is 10.1 Å². The van der Waals surface area contributed by atoms with Gasteiger partial charge in [-0.3, -0.25) is 0 Å². The fraction of sp³-hybridized carbons (Fsp3) is 0.556. The number of nitrogens with zero attached hydrogens (tertiary/aromatic N) is 2. The minimum absolute atomic E-state index is 0.129. The first kappa shape index (κ1) is 16.0. The van der Waals surface area contributed by atoms with Crippen LogP contribution in [0.5, 0.6) is 0 Å². The van der Waals surface area contributed by atoms with Gasteiger partial charge >= 0.3 is 6.01 Å². The van der Waals surface area contributed by atoms with E-state index in [-0.39, 0.29) is 12.0 Å². The van der Waals surface area contributed by atoms with Crippen LogP contribution < -0.4 is 5.32 Å². The van der Waals surface area contributed by atoms with Gasteiger partial charge in [0, 0.05) is 25.0 Å². The molecule has 1 fully saturated rings. The molecule has 0 bridgehead atoms. The highest BCUT2D eigenvalue weighted by Crippen LogP contribution is 2.33. The molecule has 0 radical (unpaired) electrons. The minimum atomic E-state index is 0.129. The van der Waals surface area contributed by atoms with Gasteiger partial charge in [0.05, 0.1) is 6.10 Å². The molecule has 2 atom stereocenters. The zero-order valence-corrected chi connectivity index (χ0v) is 14.1. The molecule has 2 heterocycles. The lowest BCUT2D eigenvalue weighted by atomic mass is 9.89. The molecule has 1 aliphatic rings. The maximum Gasteiger partial charge on any atom is 0.321 e. The number of aryl methyl sites for hydroxylation is 1. The van der Waals surface area contributed by atoms with Crippen molar-refractivity contribution in [3.63, 3.8) is 0 Å². The van der Waals surface area contributed by atoms with Crippen molar-refractivity contribution in [2.45, 2.75) is 45.6 Å². The van der Waals surface area contributed by atoms with Crippen LogP contribution in [0.25, 0.3) is 0 Å². The van der Waals surface area contributed by atoms with E-state index in [0.29, 0.717) is 11.9 Å². The van der Waals surface area contributed by atoms with Gasteiger partial charge in [-0.15, -0.1) is 0 Å². The molecule has 1 aliphatic heterocycles. The summed E-state index contributed by atoms with van der Waals surface area (Å²) in [6.45, 7) is 7.81. The van der Waals surface area contributed by atoms with Gasteiger partial charge in [0.25, 0.3) is 0 Å². The molecular formula is C18H25N3O2. The van der Waals surface area contributed by atoms with Crippen molar-refractivity contribution in [3.05, 3.63) is 41.2 Å². The highest BCUT2D eigenvalue weighted by atomic mass is 16.5. The van der Waals surface area contributed by atoms with Gasteiger partial charge in [0.15, 0.2) is 5.82 Å². The monoisotopic (exact) mass is 315 g/mol. The maximum absolute atomic E-state index is 6.04. The highest BCUT2D eigenvalue weighted by Gasteiger charge is 2.27. The lowest BCUT2D eigenvalue weighted by Crippen LogP contribution is -2.28. The zero-order chi connectivity index (χ0) is 16.2. The number of hydrogen-bond acceptors (Lipinski definition) is 5. The molecule has 0 aliphatic carbocycles. The molecule has 5 heteroatoms. The summed E-state index contributed by atoms with van der Waals surface area (Å²) >= 11 is 0. The third-order valence-corrected chi connectivity index (χ3v) is 4.32. The van der Waals surface area contributed by atoms with Crippen molar-refractivity contribution in [2.75, 3.05) is 18.5 Å². The van der Waals surface area contributed by atoms with Crippen molar-refractivity contribution >= 4 is 6.01 Å². The average Bonchev–Trinajstić information content (AvgIpc) is 3.03. The highest BCUT2D eigenvalue weighted by molar-refractivity contribution is 5.25. The Morgan fingerprint density at radius 3 is 2.74 bits per heavy atom. The van der Waals surface area contributed by atoms with E-state index in [1.807, 2.05) is 0 Å². The second-order valence-electron chi connectivity index (χ2n) is 6.60. The summed E-state index contributed by atoms with van der Waals surface area (Å²) in [5.41, 5.74) is 2.52. The first-order valence-electron chi connectivity index (χ1n) is 8.39. The van der Waals surface area contributed by atoms with Gasteiger partial charge in [-0.2, -0.15) is 4.98 Å². The smallest absolute Gasteiger partial charge is 0.321 e. The van der Waals surface area contributed by atoms with Crippen molar-refractivity contribution < 1.29 is 9.26 Å². The molecule has 23 heavy (non-hydrogen) atoms.